The number of likely N-dealkylation sites (tertiary alicyclic amines) is 1. The molecule has 116 valence electrons. The summed E-state index contributed by atoms with van der Waals surface area (Å²) < 4.78 is 5.29. The number of benzene rings is 1. The third-order valence-corrected chi connectivity index (χ3v) is 4.30. The van der Waals surface area contributed by atoms with Crippen molar-refractivity contribution in [1.82, 2.24) is 4.90 Å². The largest absolute Gasteiger partial charge is 0.496 e. The summed E-state index contributed by atoms with van der Waals surface area (Å²) in [6, 6.07) is 6.02. The van der Waals surface area contributed by atoms with Crippen LogP contribution in [-0.4, -0.2) is 41.8 Å². The van der Waals surface area contributed by atoms with E-state index in [0.717, 1.165) is 37.4 Å². The first-order chi connectivity index (χ1) is 10.1. The van der Waals surface area contributed by atoms with Crippen LogP contribution in [0.2, 0.25) is 0 Å². The Morgan fingerprint density at radius 1 is 1.52 bits per heavy atom. The van der Waals surface area contributed by atoms with E-state index in [4.69, 9.17) is 27.8 Å². The number of hydrogen-bond acceptors (Lipinski definition) is 4. The number of aliphatic hydroxyl groups excluding tert-OH is 1. The summed E-state index contributed by atoms with van der Waals surface area (Å²) in [5.41, 5.74) is 7.76. The summed E-state index contributed by atoms with van der Waals surface area (Å²) in [5, 5.41) is 9.09. The molecule has 1 unspecified atom stereocenters. The monoisotopic (exact) mass is 308 g/mol. The summed E-state index contributed by atoms with van der Waals surface area (Å²) in [6.07, 6.45) is 3.32. The van der Waals surface area contributed by atoms with Gasteiger partial charge in [-0.2, -0.15) is 0 Å². The standard InChI is InChI=1S/C16H24N2O2S/c1-20-15-5-4-13(9-14(15)16(17)21)11-18-7-2-3-12(10-18)6-8-19/h4-5,9,12,19H,2-3,6-8,10-11H2,1H3,(H2,17,21). The fourth-order valence-electron chi connectivity index (χ4n) is 3.02. The molecule has 21 heavy (non-hydrogen) atoms. The molecule has 0 saturated carbocycles. The highest BCUT2D eigenvalue weighted by molar-refractivity contribution is 7.80. The smallest absolute Gasteiger partial charge is 0.129 e. The summed E-state index contributed by atoms with van der Waals surface area (Å²) >= 11 is 5.09. The number of piperidine rings is 1. The van der Waals surface area contributed by atoms with E-state index in [1.54, 1.807) is 7.11 Å². The van der Waals surface area contributed by atoms with Gasteiger partial charge in [0.15, 0.2) is 0 Å². The lowest BCUT2D eigenvalue weighted by atomic mass is 9.95. The van der Waals surface area contributed by atoms with Crippen molar-refractivity contribution in [2.45, 2.75) is 25.8 Å². The molecular formula is C16H24N2O2S. The number of thiocarbonyl (C=S) groups is 1. The molecule has 1 fully saturated rings. The van der Waals surface area contributed by atoms with Crippen LogP contribution in [-0.2, 0) is 6.54 Å². The summed E-state index contributed by atoms with van der Waals surface area (Å²) in [4.78, 5) is 2.81. The summed E-state index contributed by atoms with van der Waals surface area (Å²) in [6.45, 7) is 3.33. The highest BCUT2D eigenvalue weighted by Gasteiger charge is 2.19. The molecule has 1 heterocycles. The van der Waals surface area contributed by atoms with E-state index in [9.17, 15) is 0 Å². The number of ether oxygens (including phenoxy) is 1. The Bertz CT molecular complexity index is 491. The zero-order valence-corrected chi connectivity index (χ0v) is 13.4. The van der Waals surface area contributed by atoms with Crippen LogP contribution >= 0.6 is 12.2 Å². The van der Waals surface area contributed by atoms with E-state index in [-0.39, 0.29) is 6.61 Å². The molecule has 2 rings (SSSR count). The van der Waals surface area contributed by atoms with Crippen LogP contribution in [0.1, 0.15) is 30.4 Å². The van der Waals surface area contributed by atoms with Gasteiger partial charge >= 0.3 is 0 Å². The van der Waals surface area contributed by atoms with Gasteiger partial charge in [0.25, 0.3) is 0 Å². The van der Waals surface area contributed by atoms with Crippen molar-refractivity contribution < 1.29 is 9.84 Å². The van der Waals surface area contributed by atoms with E-state index in [2.05, 4.69) is 11.0 Å². The minimum absolute atomic E-state index is 0.284. The van der Waals surface area contributed by atoms with Gasteiger partial charge in [0.2, 0.25) is 0 Å². The average molecular weight is 308 g/mol. The Kier molecular flexibility index (Phi) is 5.96. The van der Waals surface area contributed by atoms with Gasteiger partial charge in [-0.3, -0.25) is 4.90 Å². The van der Waals surface area contributed by atoms with Crippen LogP contribution in [0.15, 0.2) is 18.2 Å². The third kappa shape index (κ3) is 4.40. The normalized spacial score (nSPS) is 19.4. The predicted octanol–water partition coefficient (Wildman–Crippen LogP) is 1.92. The number of aliphatic hydroxyl groups is 1. The highest BCUT2D eigenvalue weighted by atomic mass is 32.1. The van der Waals surface area contributed by atoms with E-state index in [0.29, 0.717) is 10.9 Å². The fourth-order valence-corrected chi connectivity index (χ4v) is 3.18. The van der Waals surface area contributed by atoms with Crippen LogP contribution < -0.4 is 10.5 Å². The van der Waals surface area contributed by atoms with Crippen molar-refractivity contribution in [3.05, 3.63) is 29.3 Å². The van der Waals surface area contributed by atoms with E-state index >= 15 is 0 Å². The molecule has 1 aliphatic heterocycles. The lowest BCUT2D eigenvalue weighted by molar-refractivity contribution is 0.142. The van der Waals surface area contributed by atoms with Gasteiger partial charge in [-0.05, 0) is 49.4 Å². The van der Waals surface area contributed by atoms with Crippen LogP contribution in [0.25, 0.3) is 0 Å². The highest BCUT2D eigenvalue weighted by Crippen LogP contribution is 2.24. The zero-order chi connectivity index (χ0) is 15.2. The third-order valence-electron chi connectivity index (χ3n) is 4.08. The topological polar surface area (TPSA) is 58.7 Å². The molecule has 1 atom stereocenters. The van der Waals surface area contributed by atoms with Crippen molar-refractivity contribution in [2.75, 3.05) is 26.8 Å². The Labute approximate surface area is 131 Å². The maximum Gasteiger partial charge on any atom is 0.129 e. The van der Waals surface area contributed by atoms with Crippen molar-refractivity contribution in [3.8, 4) is 5.75 Å². The maximum atomic E-state index is 9.09. The molecule has 1 saturated heterocycles. The number of hydrogen-bond donors (Lipinski definition) is 2. The molecule has 1 aliphatic rings. The average Bonchev–Trinajstić information content (AvgIpc) is 2.48. The van der Waals surface area contributed by atoms with Gasteiger partial charge in [0.1, 0.15) is 10.7 Å². The molecule has 0 bridgehead atoms. The number of methoxy groups -OCH3 is 1. The van der Waals surface area contributed by atoms with Gasteiger partial charge in [-0.25, -0.2) is 0 Å². The van der Waals surface area contributed by atoms with Gasteiger partial charge in [-0.15, -0.1) is 0 Å². The molecule has 0 amide bonds. The second-order valence-electron chi connectivity index (χ2n) is 5.65. The molecule has 3 N–H and O–H groups in total. The van der Waals surface area contributed by atoms with Gasteiger partial charge in [0.05, 0.1) is 12.7 Å². The Balaban J connectivity index is 2.05. The van der Waals surface area contributed by atoms with Crippen molar-refractivity contribution in [3.63, 3.8) is 0 Å². The van der Waals surface area contributed by atoms with Gasteiger partial charge in [-0.1, -0.05) is 18.3 Å². The van der Waals surface area contributed by atoms with Crippen LogP contribution in [0.4, 0.5) is 0 Å². The summed E-state index contributed by atoms with van der Waals surface area (Å²) in [7, 11) is 1.63. The number of nitrogens with zero attached hydrogens (tertiary/aromatic N) is 1. The van der Waals surface area contributed by atoms with Crippen LogP contribution in [0.3, 0.4) is 0 Å². The molecule has 0 radical (unpaired) electrons. The molecule has 4 nitrogen and oxygen atoms in total. The first-order valence-electron chi connectivity index (χ1n) is 7.44. The van der Waals surface area contributed by atoms with Crippen LogP contribution in [0.5, 0.6) is 5.75 Å². The SMILES string of the molecule is COc1ccc(CN2CCCC(CCO)C2)cc1C(N)=S. The first-order valence-corrected chi connectivity index (χ1v) is 7.84. The van der Waals surface area contributed by atoms with Gasteiger partial charge in [0, 0.05) is 19.7 Å². The molecular weight excluding hydrogens is 284 g/mol. The predicted molar refractivity (Wildman–Crippen MR) is 88.6 cm³/mol. The molecule has 5 heteroatoms. The Morgan fingerprint density at radius 3 is 3.00 bits per heavy atom. The van der Waals surface area contributed by atoms with E-state index in [1.165, 1.54) is 18.4 Å². The zero-order valence-electron chi connectivity index (χ0n) is 12.5. The molecule has 0 aromatic heterocycles. The number of nitrogens with two attached hydrogens (primary N) is 1. The lowest BCUT2D eigenvalue weighted by Gasteiger charge is -2.32. The second kappa shape index (κ2) is 7.73. The Morgan fingerprint density at radius 2 is 2.33 bits per heavy atom. The summed E-state index contributed by atoms with van der Waals surface area (Å²) in [5.74, 6) is 1.33. The van der Waals surface area contributed by atoms with Crippen molar-refractivity contribution in [1.29, 1.82) is 0 Å². The minimum atomic E-state index is 0.284. The molecule has 0 aliphatic carbocycles. The van der Waals surface area contributed by atoms with Gasteiger partial charge < -0.3 is 15.6 Å². The van der Waals surface area contributed by atoms with Crippen molar-refractivity contribution >= 4 is 17.2 Å². The Hall–Kier alpha value is -1.17. The van der Waals surface area contributed by atoms with Crippen LogP contribution in [0, 0.1) is 5.92 Å². The quantitative estimate of drug-likeness (QED) is 0.786. The molecule has 1 aromatic carbocycles. The minimum Gasteiger partial charge on any atom is -0.496 e. The number of rotatable bonds is 6. The maximum absolute atomic E-state index is 9.09. The van der Waals surface area contributed by atoms with E-state index in [1.807, 2.05) is 12.1 Å². The van der Waals surface area contributed by atoms with E-state index < -0.39 is 0 Å². The molecule has 0 spiro atoms. The second-order valence-corrected chi connectivity index (χ2v) is 6.09. The first kappa shape index (κ1) is 16.2. The fraction of sp³-hybridized carbons (Fsp3) is 0.562. The molecule has 1 aromatic rings. The lowest BCUT2D eigenvalue weighted by Crippen LogP contribution is -2.35. The van der Waals surface area contributed by atoms with Crippen molar-refractivity contribution in [2.24, 2.45) is 11.7 Å².